The molecule has 31 heavy (non-hydrogen) atoms. The van der Waals surface area contributed by atoms with Crippen LogP contribution in [0.1, 0.15) is 45.5 Å². The second kappa shape index (κ2) is 10.4. The fraction of sp³-hybridized carbons (Fsp3) is 0.385. The number of amides is 1. The summed E-state index contributed by atoms with van der Waals surface area (Å²) in [5.74, 6) is -0.213. The first-order chi connectivity index (χ1) is 14.9. The molecule has 0 aromatic heterocycles. The Kier molecular flexibility index (Phi) is 7.64. The molecular formula is C26H31NO4. The first-order valence-electron chi connectivity index (χ1n) is 10.8. The van der Waals surface area contributed by atoms with Crippen LogP contribution < -0.4 is 0 Å². The van der Waals surface area contributed by atoms with Crippen LogP contribution in [0.5, 0.6) is 0 Å². The fourth-order valence-electron chi connectivity index (χ4n) is 4.17. The van der Waals surface area contributed by atoms with Crippen LogP contribution in [0.4, 0.5) is 0 Å². The van der Waals surface area contributed by atoms with Crippen LogP contribution >= 0.6 is 0 Å². The van der Waals surface area contributed by atoms with Gasteiger partial charge in [0, 0.05) is 19.4 Å². The number of carbonyl (C=O) groups excluding carboxylic acids is 2. The van der Waals surface area contributed by atoms with Crippen molar-refractivity contribution < 1.29 is 19.4 Å². The molecule has 2 aromatic carbocycles. The number of benzene rings is 2. The number of methoxy groups -OCH3 is 1. The molecule has 0 saturated carbocycles. The number of aliphatic hydroxyl groups is 1. The normalized spacial score (nSPS) is 17.4. The molecule has 0 aliphatic carbocycles. The van der Waals surface area contributed by atoms with E-state index in [9.17, 15) is 14.7 Å². The molecule has 1 amide bonds. The van der Waals surface area contributed by atoms with Gasteiger partial charge in [-0.25, -0.2) is 4.79 Å². The third kappa shape index (κ3) is 6.28. The second-order valence-corrected chi connectivity index (χ2v) is 8.28. The van der Waals surface area contributed by atoms with Crippen LogP contribution in [-0.4, -0.2) is 47.7 Å². The van der Waals surface area contributed by atoms with Crippen LogP contribution in [-0.2, 0) is 22.4 Å². The molecule has 2 aromatic rings. The van der Waals surface area contributed by atoms with Crippen molar-refractivity contribution in [3.8, 4) is 0 Å². The fourth-order valence-corrected chi connectivity index (χ4v) is 4.17. The zero-order chi connectivity index (χ0) is 22.4. The summed E-state index contributed by atoms with van der Waals surface area (Å²) in [5, 5.41) is 10.5. The molecule has 0 bridgehead atoms. The molecule has 2 atom stereocenters. The average Bonchev–Trinajstić information content (AvgIpc) is 3.09. The molecule has 5 heteroatoms. The number of nitrogens with zero attached hydrogens (tertiary/aromatic N) is 1. The van der Waals surface area contributed by atoms with Gasteiger partial charge in [-0.3, -0.25) is 4.79 Å². The topological polar surface area (TPSA) is 66.8 Å². The lowest BCUT2D eigenvalue weighted by Crippen LogP contribution is -2.33. The van der Waals surface area contributed by atoms with Crippen molar-refractivity contribution in [2.75, 3.05) is 13.7 Å². The summed E-state index contributed by atoms with van der Waals surface area (Å²) >= 11 is 0. The minimum atomic E-state index is -0.579. The van der Waals surface area contributed by atoms with Gasteiger partial charge in [-0.2, -0.15) is 0 Å². The lowest BCUT2D eigenvalue weighted by Gasteiger charge is -2.23. The van der Waals surface area contributed by atoms with E-state index in [4.69, 9.17) is 4.74 Å². The van der Waals surface area contributed by atoms with E-state index >= 15 is 0 Å². The third-order valence-electron chi connectivity index (χ3n) is 5.67. The Bertz CT molecular complexity index is 928. The quantitative estimate of drug-likeness (QED) is 0.520. The highest BCUT2D eigenvalue weighted by molar-refractivity contribution is 5.89. The maximum absolute atomic E-state index is 12.4. The zero-order valence-electron chi connectivity index (χ0n) is 18.5. The van der Waals surface area contributed by atoms with Crippen molar-refractivity contribution in [2.45, 2.75) is 51.7 Å². The number of esters is 1. The summed E-state index contributed by atoms with van der Waals surface area (Å²) in [6, 6.07) is 13.6. The minimum absolute atomic E-state index is 0.00994. The van der Waals surface area contributed by atoms with Gasteiger partial charge >= 0.3 is 5.97 Å². The second-order valence-electron chi connectivity index (χ2n) is 8.28. The van der Waals surface area contributed by atoms with Crippen molar-refractivity contribution >= 4 is 11.9 Å². The molecular weight excluding hydrogens is 390 g/mol. The van der Waals surface area contributed by atoms with Crippen LogP contribution in [0.15, 0.2) is 54.6 Å². The molecule has 1 aliphatic rings. The number of hydrogen-bond donors (Lipinski definition) is 1. The maximum Gasteiger partial charge on any atom is 0.337 e. The summed E-state index contributed by atoms with van der Waals surface area (Å²) in [7, 11) is 1.36. The third-order valence-corrected chi connectivity index (χ3v) is 5.67. The van der Waals surface area contributed by atoms with Gasteiger partial charge < -0.3 is 14.7 Å². The number of likely N-dealkylation sites (tertiary alicyclic amines) is 1. The van der Waals surface area contributed by atoms with Gasteiger partial charge in [0.05, 0.1) is 24.8 Å². The highest BCUT2D eigenvalue weighted by atomic mass is 16.5. The van der Waals surface area contributed by atoms with Gasteiger partial charge in [0.2, 0.25) is 5.91 Å². The lowest BCUT2D eigenvalue weighted by molar-refractivity contribution is -0.128. The Morgan fingerprint density at radius 3 is 2.48 bits per heavy atom. The Labute approximate surface area is 184 Å². The van der Waals surface area contributed by atoms with Gasteiger partial charge in [0.25, 0.3) is 0 Å². The van der Waals surface area contributed by atoms with E-state index in [0.29, 0.717) is 31.4 Å². The van der Waals surface area contributed by atoms with E-state index in [1.807, 2.05) is 29.2 Å². The molecule has 1 aliphatic heterocycles. The number of aryl methyl sites for hydroxylation is 2. The first kappa shape index (κ1) is 22.8. The lowest BCUT2D eigenvalue weighted by atomic mass is 10.0. The number of aliphatic hydroxyl groups excluding tert-OH is 1. The van der Waals surface area contributed by atoms with Crippen molar-refractivity contribution in [3.63, 3.8) is 0 Å². The van der Waals surface area contributed by atoms with E-state index < -0.39 is 6.10 Å². The Morgan fingerprint density at radius 2 is 1.84 bits per heavy atom. The zero-order valence-corrected chi connectivity index (χ0v) is 18.5. The molecule has 1 heterocycles. The number of rotatable bonds is 8. The Morgan fingerprint density at radius 1 is 1.16 bits per heavy atom. The standard InChI is InChI=1S/C26H31NO4/c1-18-14-19(2)16-21(15-18)17-24(28)10-8-23-9-11-25(29)27(23)13-12-20-4-6-22(7-5-20)26(30)31-3/h4-8,10,14-16,23-24,28H,9,11-13,17H2,1-3H3/t23-,24+/m0/s1. The van der Waals surface area contributed by atoms with E-state index in [1.165, 1.54) is 18.2 Å². The summed E-state index contributed by atoms with van der Waals surface area (Å²) in [4.78, 5) is 25.8. The molecule has 1 N–H and O–H groups in total. The van der Waals surface area contributed by atoms with E-state index in [-0.39, 0.29) is 17.9 Å². The van der Waals surface area contributed by atoms with Gasteiger partial charge in [0.15, 0.2) is 0 Å². The van der Waals surface area contributed by atoms with E-state index in [0.717, 1.165) is 17.5 Å². The minimum Gasteiger partial charge on any atom is -0.465 e. The Balaban J connectivity index is 1.57. The number of carbonyl (C=O) groups is 2. The van der Waals surface area contributed by atoms with Crippen molar-refractivity contribution in [3.05, 3.63) is 82.4 Å². The summed E-state index contributed by atoms with van der Waals surface area (Å²) in [6.07, 6.45) is 5.78. The van der Waals surface area contributed by atoms with Gasteiger partial charge in [-0.15, -0.1) is 0 Å². The van der Waals surface area contributed by atoms with Crippen molar-refractivity contribution in [1.29, 1.82) is 0 Å². The predicted octanol–water partition coefficient (Wildman–Crippen LogP) is 3.78. The highest BCUT2D eigenvalue weighted by Gasteiger charge is 2.28. The summed E-state index contributed by atoms with van der Waals surface area (Å²) in [5.41, 5.74) is 5.08. The van der Waals surface area contributed by atoms with Crippen LogP contribution in [0.2, 0.25) is 0 Å². The number of hydrogen-bond acceptors (Lipinski definition) is 4. The largest absolute Gasteiger partial charge is 0.465 e. The molecule has 0 spiro atoms. The van der Waals surface area contributed by atoms with E-state index in [2.05, 4.69) is 32.0 Å². The monoisotopic (exact) mass is 421 g/mol. The van der Waals surface area contributed by atoms with Crippen molar-refractivity contribution in [1.82, 2.24) is 4.90 Å². The van der Waals surface area contributed by atoms with Crippen LogP contribution in [0.3, 0.4) is 0 Å². The van der Waals surface area contributed by atoms with E-state index in [1.54, 1.807) is 12.1 Å². The van der Waals surface area contributed by atoms with Gasteiger partial charge in [-0.1, -0.05) is 53.6 Å². The van der Waals surface area contributed by atoms with Gasteiger partial charge in [0.1, 0.15) is 0 Å². The SMILES string of the molecule is COC(=O)c1ccc(CCN2C(=O)CC[C@@H]2C=C[C@@H](O)Cc2cc(C)cc(C)c2)cc1. The molecule has 1 saturated heterocycles. The molecule has 1 fully saturated rings. The smallest absolute Gasteiger partial charge is 0.337 e. The summed E-state index contributed by atoms with van der Waals surface area (Å²) < 4.78 is 4.72. The molecule has 5 nitrogen and oxygen atoms in total. The highest BCUT2D eigenvalue weighted by Crippen LogP contribution is 2.21. The average molecular weight is 422 g/mol. The molecule has 164 valence electrons. The van der Waals surface area contributed by atoms with Crippen LogP contribution in [0, 0.1) is 13.8 Å². The predicted molar refractivity (Wildman–Crippen MR) is 121 cm³/mol. The molecule has 3 rings (SSSR count). The van der Waals surface area contributed by atoms with Gasteiger partial charge in [-0.05, 0) is 49.9 Å². The molecule has 0 radical (unpaired) electrons. The van der Waals surface area contributed by atoms with Crippen molar-refractivity contribution in [2.24, 2.45) is 0 Å². The summed E-state index contributed by atoms with van der Waals surface area (Å²) in [6.45, 7) is 4.73. The Hall–Kier alpha value is -2.92. The number of ether oxygens (including phenoxy) is 1. The molecule has 0 unspecified atom stereocenters. The maximum atomic E-state index is 12.4. The first-order valence-corrected chi connectivity index (χ1v) is 10.8. The van der Waals surface area contributed by atoms with Crippen LogP contribution in [0.25, 0.3) is 0 Å².